The second-order valence-corrected chi connectivity index (χ2v) is 1.34. The van der Waals surface area contributed by atoms with Gasteiger partial charge < -0.3 is 24.7 Å². The van der Waals surface area contributed by atoms with Crippen molar-refractivity contribution in [3.8, 4) is 0 Å². The van der Waals surface area contributed by atoms with Crippen LogP contribution < -0.4 is 14.7 Å². The minimum absolute atomic E-state index is 0. The minimum atomic E-state index is -5.39. The maximum Gasteiger partial charge on any atom is 0 e. The Bertz CT molecular complexity index is 54.2. The topological polar surface area (TPSA) is 118 Å². The van der Waals surface area contributed by atoms with E-state index < -0.39 is 7.82 Å². The van der Waals surface area contributed by atoms with Gasteiger partial charge in [-0.25, -0.2) is 0 Å². The zero-order valence-electron chi connectivity index (χ0n) is 3.29. The first-order valence-electron chi connectivity index (χ1n) is 0.730. The first kappa shape index (κ1) is 15.7. The Kier molecular flexibility index (Phi) is 11.1. The first-order chi connectivity index (χ1) is 2.00. The summed E-state index contributed by atoms with van der Waals surface area (Å²) < 4.78 is 8.55. The van der Waals surface area contributed by atoms with Crippen molar-refractivity contribution in [3.05, 3.63) is 0 Å². The Labute approximate surface area is 56.1 Å². The van der Waals surface area contributed by atoms with E-state index in [4.69, 9.17) is 19.2 Å². The summed E-state index contributed by atoms with van der Waals surface area (Å²) in [7, 11) is -5.39. The predicted molar refractivity (Wildman–Crippen MR) is 17.0 cm³/mol. The molecule has 0 aromatic heterocycles. The fraction of sp³-hybridized carbons (Fsp3) is 0. The predicted octanol–water partition coefficient (Wildman–Crippen LogP) is -4.03. The molecule has 0 unspecified atom stereocenters. The van der Waals surface area contributed by atoms with Crippen LogP contribution in [0.1, 0.15) is 0 Å². The molecule has 0 aliphatic carbocycles. The molecule has 0 spiro atoms. The van der Waals surface area contributed by atoms with Crippen molar-refractivity contribution < 1.29 is 24.7 Å². The van der Waals surface area contributed by atoms with Crippen molar-refractivity contribution in [1.29, 1.82) is 0 Å². The van der Waals surface area contributed by atoms with Gasteiger partial charge in [-0.2, -0.15) is 7.82 Å². The lowest BCUT2D eigenvalue weighted by atomic mass is 15.8. The lowest BCUT2D eigenvalue weighted by Crippen LogP contribution is -2.24. The lowest BCUT2D eigenvalue weighted by Gasteiger charge is -2.36. The van der Waals surface area contributed by atoms with E-state index in [0.29, 0.717) is 0 Å². The van der Waals surface area contributed by atoms with E-state index >= 15 is 0 Å². The quantitative estimate of drug-likeness (QED) is 0.249. The highest BCUT2D eigenvalue weighted by Crippen LogP contribution is 2.03. The van der Waals surface area contributed by atoms with E-state index in [1.807, 2.05) is 0 Å². The molecular weight excluding hydrogens is 135 g/mol. The fourth-order valence-corrected chi connectivity index (χ4v) is 0. The van der Waals surface area contributed by atoms with Crippen molar-refractivity contribution in [2.45, 2.75) is 0 Å². The first-order valence-corrected chi connectivity index (χ1v) is 2.19. The molecule has 5 nitrogen and oxygen atoms in total. The third-order valence-corrected chi connectivity index (χ3v) is 0. The van der Waals surface area contributed by atoms with Crippen LogP contribution in [0.15, 0.2) is 0 Å². The average Bonchev–Trinajstić information content (AvgIpc) is 0.722. The highest BCUT2D eigenvalue weighted by molar-refractivity contribution is 7.40. The maximum atomic E-state index is 8.55. The molecular formula is H2MgO5P-3. The van der Waals surface area contributed by atoms with Gasteiger partial charge >= 0.3 is 0 Å². The van der Waals surface area contributed by atoms with Gasteiger partial charge in [0.25, 0.3) is 0 Å². The molecule has 7 heteroatoms. The van der Waals surface area contributed by atoms with Gasteiger partial charge in [-0.3, -0.25) is 0 Å². The van der Waals surface area contributed by atoms with E-state index in [0.717, 1.165) is 0 Å². The number of rotatable bonds is 0. The molecule has 0 saturated carbocycles. The van der Waals surface area contributed by atoms with Gasteiger partial charge in [0.15, 0.2) is 0 Å². The Morgan fingerprint density at radius 1 is 1.14 bits per heavy atom. The van der Waals surface area contributed by atoms with Gasteiger partial charge in [-0.15, -0.1) is 0 Å². The molecule has 0 bridgehead atoms. The van der Waals surface area contributed by atoms with Crippen molar-refractivity contribution in [3.63, 3.8) is 0 Å². The monoisotopic (exact) mass is 137 g/mol. The molecule has 0 saturated heterocycles. The van der Waals surface area contributed by atoms with E-state index in [2.05, 4.69) is 0 Å². The maximum absolute atomic E-state index is 8.55. The third-order valence-electron chi connectivity index (χ3n) is 0. The molecule has 0 aliphatic heterocycles. The molecule has 0 rings (SSSR count). The summed E-state index contributed by atoms with van der Waals surface area (Å²) >= 11 is 0. The van der Waals surface area contributed by atoms with Crippen LogP contribution in [0.2, 0.25) is 0 Å². The molecule has 2 radical (unpaired) electrons. The van der Waals surface area contributed by atoms with E-state index in [-0.39, 0.29) is 28.5 Å². The van der Waals surface area contributed by atoms with Crippen LogP contribution >= 0.6 is 7.82 Å². The van der Waals surface area contributed by atoms with Gasteiger partial charge in [-0.1, -0.05) is 0 Å². The van der Waals surface area contributed by atoms with Gasteiger partial charge in [0.05, 0.1) is 0 Å². The van der Waals surface area contributed by atoms with E-state index in [1.54, 1.807) is 0 Å². The molecule has 7 heavy (non-hydrogen) atoms. The summed E-state index contributed by atoms with van der Waals surface area (Å²) in [5.74, 6) is 0. The molecule has 42 valence electrons. The molecule has 0 atom stereocenters. The van der Waals surface area contributed by atoms with Crippen LogP contribution in [-0.4, -0.2) is 28.5 Å². The van der Waals surface area contributed by atoms with Crippen LogP contribution in [0.5, 0.6) is 0 Å². The zero-order valence-corrected chi connectivity index (χ0v) is 5.60. The average molecular weight is 137 g/mol. The van der Waals surface area contributed by atoms with Gasteiger partial charge in [-0.05, 0) is 0 Å². The van der Waals surface area contributed by atoms with Gasteiger partial charge in [0.1, 0.15) is 0 Å². The normalized spacial score (nSPS) is 8.43. The third kappa shape index (κ3) is 229. The highest BCUT2D eigenvalue weighted by Gasteiger charge is 1.44. The molecule has 0 heterocycles. The molecule has 0 aromatic carbocycles. The Hall–Kier alpha value is 0.836. The molecule has 0 amide bonds. The zero-order chi connectivity index (χ0) is 4.50. The standard InChI is InChI=1S/Mg.H3O4P.H2O/c;1-5(2,3)4;/h;(H3,1,2,3,4);1H2/p-3. The largest absolute Gasteiger partial charge is 0.822 e. The summed E-state index contributed by atoms with van der Waals surface area (Å²) in [5.41, 5.74) is 0. The highest BCUT2D eigenvalue weighted by atomic mass is 31.2. The number of hydrogen-bond acceptors (Lipinski definition) is 4. The van der Waals surface area contributed by atoms with E-state index in [9.17, 15) is 0 Å². The van der Waals surface area contributed by atoms with Crippen LogP contribution in [0, 0.1) is 0 Å². The fourth-order valence-electron chi connectivity index (χ4n) is 0. The Balaban J connectivity index is -0.0000000800. The Morgan fingerprint density at radius 2 is 1.14 bits per heavy atom. The summed E-state index contributed by atoms with van der Waals surface area (Å²) in [6, 6.07) is 0. The summed E-state index contributed by atoms with van der Waals surface area (Å²) in [5, 5.41) is 0. The molecule has 0 aromatic rings. The molecule has 0 aliphatic rings. The van der Waals surface area contributed by atoms with Crippen LogP contribution in [0.25, 0.3) is 0 Å². The number of hydrogen-bond donors (Lipinski definition) is 0. The van der Waals surface area contributed by atoms with Gasteiger partial charge in [0, 0.05) is 23.1 Å². The Morgan fingerprint density at radius 3 is 1.14 bits per heavy atom. The number of phosphoric acid groups is 1. The van der Waals surface area contributed by atoms with Crippen LogP contribution in [0.4, 0.5) is 0 Å². The van der Waals surface area contributed by atoms with Gasteiger partial charge in [0.2, 0.25) is 0 Å². The minimum Gasteiger partial charge on any atom is -0.822 e. The van der Waals surface area contributed by atoms with E-state index in [1.165, 1.54) is 0 Å². The summed E-state index contributed by atoms with van der Waals surface area (Å²) in [4.78, 5) is 25.6. The second kappa shape index (κ2) is 4.98. The van der Waals surface area contributed by atoms with Crippen LogP contribution in [0.3, 0.4) is 0 Å². The van der Waals surface area contributed by atoms with Crippen molar-refractivity contribution in [2.24, 2.45) is 0 Å². The lowest BCUT2D eigenvalue weighted by molar-refractivity contribution is -0.432. The van der Waals surface area contributed by atoms with Crippen molar-refractivity contribution in [2.75, 3.05) is 0 Å². The van der Waals surface area contributed by atoms with Crippen molar-refractivity contribution in [1.82, 2.24) is 0 Å². The van der Waals surface area contributed by atoms with Crippen LogP contribution in [-0.2, 0) is 4.57 Å². The summed E-state index contributed by atoms with van der Waals surface area (Å²) in [6.45, 7) is 0. The molecule has 2 N–H and O–H groups in total. The smallest absolute Gasteiger partial charge is 0 e. The van der Waals surface area contributed by atoms with Crippen molar-refractivity contribution >= 4 is 30.9 Å². The molecule has 0 fully saturated rings. The SMILES string of the molecule is O.O=P([O-])([O-])[O-].[Mg]. The summed E-state index contributed by atoms with van der Waals surface area (Å²) in [6.07, 6.45) is 0. The second-order valence-electron chi connectivity index (χ2n) is 0.447.